The van der Waals surface area contributed by atoms with Gasteiger partial charge < -0.3 is 25.1 Å². The number of carbonyl (C=O) groups excluding carboxylic acids is 2. The number of fused-ring (bicyclic) bond motifs is 1. The number of anilines is 1. The van der Waals surface area contributed by atoms with Gasteiger partial charge in [-0.15, -0.1) is 0 Å². The molecule has 11 nitrogen and oxygen atoms in total. The van der Waals surface area contributed by atoms with Crippen molar-refractivity contribution in [1.82, 2.24) is 29.7 Å². The molecule has 1 aliphatic rings. The van der Waals surface area contributed by atoms with Gasteiger partial charge in [0.1, 0.15) is 17.2 Å². The number of likely N-dealkylation sites (tertiary alicyclic amines) is 1. The number of amides is 1. The summed E-state index contributed by atoms with van der Waals surface area (Å²) in [5.41, 5.74) is 6.11. The van der Waals surface area contributed by atoms with Crippen LogP contribution in [0.5, 0.6) is 0 Å². The van der Waals surface area contributed by atoms with Crippen LogP contribution in [0, 0.1) is 0 Å². The summed E-state index contributed by atoms with van der Waals surface area (Å²) in [6.07, 6.45) is 1.60. The van der Waals surface area contributed by atoms with E-state index in [1.807, 2.05) is 9.47 Å². The van der Waals surface area contributed by atoms with Gasteiger partial charge >= 0.3 is 12.1 Å². The third-order valence-electron chi connectivity index (χ3n) is 4.71. The molecule has 0 aromatic carbocycles. The molecule has 30 heavy (non-hydrogen) atoms. The number of nitrogens with one attached hydrogen (secondary N) is 1. The van der Waals surface area contributed by atoms with E-state index in [4.69, 9.17) is 26.8 Å². The predicted molar refractivity (Wildman–Crippen MR) is 110 cm³/mol. The molecule has 0 radical (unpaired) electrons. The van der Waals surface area contributed by atoms with Crippen LogP contribution in [0.2, 0.25) is 5.15 Å². The minimum Gasteiger partial charge on any atom is -0.468 e. The van der Waals surface area contributed by atoms with E-state index in [0.29, 0.717) is 37.2 Å². The largest absolute Gasteiger partial charge is 0.468 e. The zero-order chi connectivity index (χ0) is 22.1. The lowest BCUT2D eigenvalue weighted by Gasteiger charge is -2.23. The third kappa shape index (κ3) is 4.90. The van der Waals surface area contributed by atoms with Crippen LogP contribution in [0.15, 0.2) is 6.33 Å². The lowest BCUT2D eigenvalue weighted by atomic mass is 10.1. The molecule has 0 saturated carbocycles. The number of carbonyl (C=O) groups is 2. The maximum Gasteiger partial charge on any atom is 0.407 e. The molecule has 12 heteroatoms. The topological polar surface area (TPSA) is 137 Å². The Morgan fingerprint density at radius 2 is 2.10 bits per heavy atom. The Hall–Kier alpha value is -2.66. The second-order valence-corrected chi connectivity index (χ2v) is 8.41. The SMILES string of the molecule is COC(=O)[C@@H]1C[C@H](n2cnc3c(Cl)nc(N)nc32)CN1CCNC(=O)OC(C)(C)C. The fourth-order valence-corrected chi connectivity index (χ4v) is 3.71. The first kappa shape index (κ1) is 22.0. The second-order valence-electron chi connectivity index (χ2n) is 8.05. The maximum atomic E-state index is 12.3. The summed E-state index contributed by atoms with van der Waals surface area (Å²) in [6, 6.07) is -0.571. The fourth-order valence-electron chi connectivity index (χ4n) is 3.49. The van der Waals surface area contributed by atoms with Gasteiger partial charge in [-0.05, 0) is 27.2 Å². The number of halogens is 1. The first-order chi connectivity index (χ1) is 14.1. The average molecular weight is 440 g/mol. The van der Waals surface area contributed by atoms with Crippen molar-refractivity contribution >= 4 is 40.8 Å². The number of hydrogen-bond donors (Lipinski definition) is 2. The van der Waals surface area contributed by atoms with E-state index < -0.39 is 17.7 Å². The highest BCUT2D eigenvalue weighted by Crippen LogP contribution is 2.31. The first-order valence-corrected chi connectivity index (χ1v) is 9.91. The number of methoxy groups -OCH3 is 1. The zero-order valence-electron chi connectivity index (χ0n) is 17.4. The average Bonchev–Trinajstić information content (AvgIpc) is 3.23. The first-order valence-electron chi connectivity index (χ1n) is 9.53. The van der Waals surface area contributed by atoms with Gasteiger partial charge in [0.25, 0.3) is 0 Å². The Balaban J connectivity index is 1.72. The Bertz CT molecular complexity index is 942. The van der Waals surface area contributed by atoms with E-state index >= 15 is 0 Å². The molecule has 0 spiro atoms. The molecule has 3 rings (SSSR count). The van der Waals surface area contributed by atoms with Gasteiger partial charge in [0.05, 0.1) is 19.5 Å². The maximum absolute atomic E-state index is 12.3. The van der Waals surface area contributed by atoms with E-state index in [1.54, 1.807) is 27.1 Å². The summed E-state index contributed by atoms with van der Waals surface area (Å²) in [6.45, 7) is 6.68. The number of rotatable bonds is 5. The highest BCUT2D eigenvalue weighted by molar-refractivity contribution is 6.33. The Morgan fingerprint density at radius 3 is 2.77 bits per heavy atom. The number of imidazole rings is 1. The van der Waals surface area contributed by atoms with Gasteiger partial charge in [-0.25, -0.2) is 9.78 Å². The van der Waals surface area contributed by atoms with Crippen LogP contribution in [0.3, 0.4) is 0 Å². The Kier molecular flexibility index (Phi) is 6.32. The molecule has 2 atom stereocenters. The van der Waals surface area contributed by atoms with Crippen LogP contribution >= 0.6 is 11.6 Å². The van der Waals surface area contributed by atoms with E-state index in [0.717, 1.165) is 0 Å². The third-order valence-corrected chi connectivity index (χ3v) is 4.97. The van der Waals surface area contributed by atoms with Crippen molar-refractivity contribution < 1.29 is 19.1 Å². The van der Waals surface area contributed by atoms with Gasteiger partial charge in [0.15, 0.2) is 10.8 Å². The summed E-state index contributed by atoms with van der Waals surface area (Å²) < 4.78 is 12.0. The molecule has 3 heterocycles. The molecule has 1 saturated heterocycles. The molecular weight excluding hydrogens is 414 g/mol. The van der Waals surface area contributed by atoms with Gasteiger partial charge in [-0.2, -0.15) is 9.97 Å². The standard InChI is InChI=1S/C18H26ClN7O4/c1-18(2,3)30-17(28)21-5-6-25-8-10(7-11(25)15(27)29-4)26-9-22-12-13(19)23-16(20)24-14(12)26/h9-11H,5-8H2,1-4H3,(H,21,28)(H2,20,23,24)/t10-,11-/m0/s1. The molecule has 1 amide bonds. The van der Waals surface area contributed by atoms with E-state index in [1.165, 1.54) is 7.11 Å². The molecule has 0 unspecified atom stereocenters. The lowest BCUT2D eigenvalue weighted by molar-refractivity contribution is -0.145. The number of alkyl carbamates (subject to hydrolysis) is 1. The van der Waals surface area contributed by atoms with Crippen LogP contribution in [0.4, 0.5) is 10.7 Å². The minimum absolute atomic E-state index is 0.0511. The monoisotopic (exact) mass is 439 g/mol. The van der Waals surface area contributed by atoms with Crippen molar-refractivity contribution in [2.24, 2.45) is 0 Å². The summed E-state index contributed by atoms with van der Waals surface area (Å²) in [5.74, 6) is -0.290. The van der Waals surface area contributed by atoms with Crippen LogP contribution in [-0.4, -0.2) is 74.9 Å². The molecule has 2 aromatic heterocycles. The van der Waals surface area contributed by atoms with E-state index in [-0.39, 0.29) is 23.1 Å². The number of hydrogen-bond acceptors (Lipinski definition) is 9. The lowest BCUT2D eigenvalue weighted by Crippen LogP contribution is -2.42. The van der Waals surface area contributed by atoms with E-state index in [9.17, 15) is 9.59 Å². The highest BCUT2D eigenvalue weighted by Gasteiger charge is 2.39. The van der Waals surface area contributed by atoms with Crippen molar-refractivity contribution in [1.29, 1.82) is 0 Å². The number of aromatic nitrogens is 4. The molecular formula is C18H26ClN7O4. The van der Waals surface area contributed by atoms with E-state index in [2.05, 4.69) is 20.3 Å². The smallest absolute Gasteiger partial charge is 0.407 e. The molecule has 0 bridgehead atoms. The molecule has 2 aromatic rings. The fraction of sp³-hybridized carbons (Fsp3) is 0.611. The Labute approximate surface area is 178 Å². The molecule has 1 fully saturated rings. The second kappa shape index (κ2) is 8.60. The minimum atomic E-state index is -0.579. The summed E-state index contributed by atoms with van der Waals surface area (Å²) in [5, 5.41) is 2.89. The summed E-state index contributed by atoms with van der Waals surface area (Å²) in [4.78, 5) is 38.6. The number of nitrogens with zero attached hydrogens (tertiary/aromatic N) is 5. The van der Waals surface area contributed by atoms with Gasteiger partial charge in [0, 0.05) is 19.6 Å². The van der Waals surface area contributed by atoms with Crippen LogP contribution in [0.25, 0.3) is 11.2 Å². The molecule has 3 N–H and O–H groups in total. The van der Waals surface area contributed by atoms with Crippen molar-refractivity contribution in [2.45, 2.75) is 44.9 Å². The van der Waals surface area contributed by atoms with Crippen molar-refractivity contribution in [3.63, 3.8) is 0 Å². The Morgan fingerprint density at radius 1 is 1.37 bits per heavy atom. The number of nitrogens with two attached hydrogens (primary N) is 1. The summed E-state index contributed by atoms with van der Waals surface area (Å²) >= 11 is 6.11. The van der Waals surface area contributed by atoms with Crippen molar-refractivity contribution in [2.75, 3.05) is 32.5 Å². The van der Waals surface area contributed by atoms with Crippen LogP contribution < -0.4 is 11.1 Å². The van der Waals surface area contributed by atoms with Gasteiger partial charge in [-0.1, -0.05) is 11.6 Å². The van der Waals surface area contributed by atoms with Crippen LogP contribution in [0.1, 0.15) is 33.2 Å². The summed E-state index contributed by atoms with van der Waals surface area (Å²) in [7, 11) is 1.35. The van der Waals surface area contributed by atoms with Gasteiger partial charge in [-0.3, -0.25) is 9.69 Å². The van der Waals surface area contributed by atoms with Gasteiger partial charge in [0.2, 0.25) is 5.95 Å². The highest BCUT2D eigenvalue weighted by atomic mass is 35.5. The normalized spacial score (nSPS) is 19.8. The molecule has 1 aliphatic heterocycles. The predicted octanol–water partition coefficient (Wildman–Crippen LogP) is 1.37. The zero-order valence-corrected chi connectivity index (χ0v) is 18.1. The number of nitrogen functional groups attached to an aromatic ring is 1. The number of ether oxygens (including phenoxy) is 2. The molecule has 164 valence electrons. The van der Waals surface area contributed by atoms with Crippen LogP contribution in [-0.2, 0) is 14.3 Å². The quantitative estimate of drug-likeness (QED) is 0.522. The molecule has 0 aliphatic carbocycles. The van der Waals surface area contributed by atoms with Crippen molar-refractivity contribution in [3.8, 4) is 0 Å². The van der Waals surface area contributed by atoms with Crippen molar-refractivity contribution in [3.05, 3.63) is 11.5 Å². The number of esters is 1.